The van der Waals surface area contributed by atoms with Crippen LogP contribution >= 0.6 is 0 Å². The maximum atomic E-state index is 14.0. The highest BCUT2D eigenvalue weighted by atomic mass is 19.1. The summed E-state index contributed by atoms with van der Waals surface area (Å²) in [4.78, 5) is 14.2. The molecule has 1 saturated heterocycles. The van der Waals surface area contributed by atoms with E-state index in [1.807, 2.05) is 6.92 Å². The average Bonchev–Trinajstić information content (AvgIpc) is 2.53. The van der Waals surface area contributed by atoms with E-state index in [1.54, 1.807) is 11.8 Å². The molecule has 5 nitrogen and oxygen atoms in total. The number of carbonyl (C=O) groups excluding carboxylic acids is 1. The molecule has 1 aromatic rings. The fourth-order valence-electron chi connectivity index (χ4n) is 2.93. The quantitative estimate of drug-likeness (QED) is 0.865. The molecule has 0 radical (unpaired) electrons. The van der Waals surface area contributed by atoms with E-state index in [9.17, 15) is 18.7 Å². The van der Waals surface area contributed by atoms with Crippen LogP contribution in [0.3, 0.4) is 0 Å². The Kier molecular flexibility index (Phi) is 6.51. The van der Waals surface area contributed by atoms with Gasteiger partial charge in [0, 0.05) is 18.2 Å². The van der Waals surface area contributed by atoms with E-state index in [0.717, 1.165) is 6.07 Å². The number of halogens is 2. The summed E-state index contributed by atoms with van der Waals surface area (Å²) in [6, 6.07) is 2.24. The number of aliphatic hydroxyl groups is 1. The van der Waals surface area contributed by atoms with Crippen molar-refractivity contribution in [3.05, 3.63) is 35.4 Å². The van der Waals surface area contributed by atoms with Crippen LogP contribution in [-0.4, -0.2) is 47.9 Å². The number of ether oxygens (including phenoxy) is 1. The van der Waals surface area contributed by atoms with Crippen molar-refractivity contribution in [3.63, 3.8) is 0 Å². The molecule has 1 fully saturated rings. The van der Waals surface area contributed by atoms with Crippen LogP contribution < -0.4 is 5.32 Å². The third-order valence-corrected chi connectivity index (χ3v) is 4.15. The molecule has 3 atom stereocenters. The van der Waals surface area contributed by atoms with Crippen molar-refractivity contribution in [2.45, 2.75) is 44.9 Å². The van der Waals surface area contributed by atoms with Gasteiger partial charge in [0.15, 0.2) is 0 Å². The number of urea groups is 1. The van der Waals surface area contributed by atoms with E-state index in [2.05, 4.69) is 5.32 Å². The molecule has 24 heavy (non-hydrogen) atoms. The molecule has 7 heteroatoms. The number of amides is 2. The Balaban J connectivity index is 2.09. The van der Waals surface area contributed by atoms with Gasteiger partial charge in [-0.3, -0.25) is 0 Å². The van der Waals surface area contributed by atoms with Gasteiger partial charge in [0.25, 0.3) is 0 Å². The van der Waals surface area contributed by atoms with Crippen LogP contribution in [0.4, 0.5) is 13.6 Å². The van der Waals surface area contributed by atoms with Crippen molar-refractivity contribution >= 4 is 6.03 Å². The van der Waals surface area contributed by atoms with Crippen molar-refractivity contribution in [1.82, 2.24) is 10.2 Å². The van der Waals surface area contributed by atoms with Gasteiger partial charge in [0.2, 0.25) is 0 Å². The lowest BCUT2D eigenvalue weighted by Gasteiger charge is -2.37. The van der Waals surface area contributed by atoms with Crippen molar-refractivity contribution in [2.75, 3.05) is 19.8 Å². The van der Waals surface area contributed by atoms with E-state index in [0.29, 0.717) is 32.6 Å². The van der Waals surface area contributed by atoms with E-state index in [4.69, 9.17) is 4.74 Å². The zero-order valence-electron chi connectivity index (χ0n) is 14.0. The molecular formula is C17H24F2N2O3. The number of morpholine rings is 1. The van der Waals surface area contributed by atoms with E-state index < -0.39 is 23.8 Å². The summed E-state index contributed by atoms with van der Waals surface area (Å²) in [6.45, 7) is 4.67. The van der Waals surface area contributed by atoms with Crippen LogP contribution in [0.1, 0.15) is 38.3 Å². The molecule has 2 N–H and O–H groups in total. The number of hydrogen-bond donors (Lipinski definition) is 2. The minimum atomic E-state index is -0.676. The minimum absolute atomic E-state index is 0.227. The van der Waals surface area contributed by atoms with E-state index >= 15 is 0 Å². The monoisotopic (exact) mass is 342 g/mol. The zero-order valence-corrected chi connectivity index (χ0v) is 14.0. The molecular weight excluding hydrogens is 318 g/mol. The SMILES string of the molecule is CC[C@H](NC(=O)N1CCOC[C@@H]1C[C@@H](C)O)c1ccc(F)cc1F. The first-order chi connectivity index (χ1) is 11.4. The van der Waals surface area contributed by atoms with Gasteiger partial charge >= 0.3 is 6.03 Å². The normalized spacial score (nSPS) is 20.5. The van der Waals surface area contributed by atoms with E-state index in [-0.39, 0.29) is 17.6 Å². The average molecular weight is 342 g/mol. The first-order valence-electron chi connectivity index (χ1n) is 8.20. The predicted molar refractivity (Wildman–Crippen MR) is 85.5 cm³/mol. The Labute approximate surface area is 140 Å². The Bertz CT molecular complexity index is 569. The van der Waals surface area contributed by atoms with Crippen LogP contribution in [-0.2, 0) is 4.74 Å². The Hall–Kier alpha value is -1.73. The second-order valence-electron chi connectivity index (χ2n) is 6.08. The lowest BCUT2D eigenvalue weighted by Crippen LogP contribution is -2.53. The molecule has 0 spiro atoms. The lowest BCUT2D eigenvalue weighted by atomic mass is 10.0. The smallest absolute Gasteiger partial charge is 0.318 e. The van der Waals surface area contributed by atoms with Gasteiger partial charge in [0.1, 0.15) is 11.6 Å². The van der Waals surface area contributed by atoms with Gasteiger partial charge in [-0.15, -0.1) is 0 Å². The number of carbonyl (C=O) groups is 1. The van der Waals surface area contributed by atoms with Crippen molar-refractivity contribution in [3.8, 4) is 0 Å². The number of nitrogens with zero attached hydrogens (tertiary/aromatic N) is 1. The summed E-state index contributed by atoms with van der Waals surface area (Å²) >= 11 is 0. The van der Waals surface area contributed by atoms with Crippen LogP contribution in [0.25, 0.3) is 0 Å². The number of rotatable bonds is 5. The molecule has 0 unspecified atom stereocenters. The van der Waals surface area contributed by atoms with Crippen molar-refractivity contribution in [2.24, 2.45) is 0 Å². The molecule has 0 aliphatic carbocycles. The molecule has 1 aliphatic rings. The second-order valence-corrected chi connectivity index (χ2v) is 6.08. The second kappa shape index (κ2) is 8.39. The minimum Gasteiger partial charge on any atom is -0.393 e. The van der Waals surface area contributed by atoms with Gasteiger partial charge in [0.05, 0.1) is 31.4 Å². The summed E-state index contributed by atoms with van der Waals surface area (Å²) in [5.41, 5.74) is 0.257. The number of aliphatic hydroxyl groups excluding tert-OH is 1. The highest BCUT2D eigenvalue weighted by molar-refractivity contribution is 5.75. The van der Waals surface area contributed by atoms with Crippen LogP contribution in [0.2, 0.25) is 0 Å². The first kappa shape index (κ1) is 18.6. The summed E-state index contributed by atoms with van der Waals surface area (Å²) in [6.07, 6.45) is 0.331. The van der Waals surface area contributed by atoms with Crippen LogP contribution in [0.15, 0.2) is 18.2 Å². The van der Waals surface area contributed by atoms with Gasteiger partial charge in [-0.1, -0.05) is 13.0 Å². The third-order valence-electron chi connectivity index (χ3n) is 4.15. The number of benzene rings is 1. The van der Waals surface area contributed by atoms with E-state index in [1.165, 1.54) is 12.1 Å². The Morgan fingerprint density at radius 3 is 2.88 bits per heavy atom. The largest absolute Gasteiger partial charge is 0.393 e. The van der Waals surface area contributed by atoms with Gasteiger partial charge in [-0.2, -0.15) is 0 Å². The molecule has 1 aliphatic heterocycles. The van der Waals surface area contributed by atoms with Gasteiger partial charge in [-0.05, 0) is 25.8 Å². The van der Waals surface area contributed by atoms with Crippen molar-refractivity contribution < 1.29 is 23.4 Å². The van der Waals surface area contributed by atoms with Crippen LogP contribution in [0.5, 0.6) is 0 Å². The fourth-order valence-corrected chi connectivity index (χ4v) is 2.93. The Morgan fingerprint density at radius 2 is 2.25 bits per heavy atom. The molecule has 0 saturated carbocycles. The summed E-state index contributed by atoms with van der Waals surface area (Å²) in [5, 5.41) is 12.4. The summed E-state index contributed by atoms with van der Waals surface area (Å²) in [7, 11) is 0. The molecule has 2 rings (SSSR count). The molecule has 2 amide bonds. The summed E-state index contributed by atoms with van der Waals surface area (Å²) in [5.74, 6) is -1.33. The topological polar surface area (TPSA) is 61.8 Å². The molecule has 134 valence electrons. The Morgan fingerprint density at radius 1 is 1.50 bits per heavy atom. The number of hydrogen-bond acceptors (Lipinski definition) is 3. The predicted octanol–water partition coefficient (Wildman–Crippen LogP) is 2.60. The maximum absolute atomic E-state index is 14.0. The standard InChI is InChI=1S/C17H24F2N2O3/c1-3-16(14-5-4-12(18)9-15(14)19)20-17(23)21-6-7-24-10-13(21)8-11(2)22/h4-5,9,11,13,16,22H,3,6-8,10H2,1-2H3,(H,20,23)/t11-,13+,16+/m1/s1. The first-order valence-corrected chi connectivity index (χ1v) is 8.20. The van der Waals surface area contributed by atoms with Crippen molar-refractivity contribution in [1.29, 1.82) is 0 Å². The van der Waals surface area contributed by atoms with Gasteiger partial charge < -0.3 is 20.1 Å². The highest BCUT2D eigenvalue weighted by Gasteiger charge is 2.30. The highest BCUT2D eigenvalue weighted by Crippen LogP contribution is 2.22. The lowest BCUT2D eigenvalue weighted by molar-refractivity contribution is -0.00487. The molecule has 1 heterocycles. The van der Waals surface area contributed by atoms with Gasteiger partial charge in [-0.25, -0.2) is 13.6 Å². The molecule has 1 aromatic carbocycles. The molecule has 0 bridgehead atoms. The zero-order chi connectivity index (χ0) is 17.7. The maximum Gasteiger partial charge on any atom is 0.318 e. The molecule has 0 aromatic heterocycles. The third kappa shape index (κ3) is 4.64. The fraction of sp³-hybridized carbons (Fsp3) is 0.588. The number of nitrogens with one attached hydrogen (secondary N) is 1. The summed E-state index contributed by atoms with van der Waals surface area (Å²) < 4.78 is 32.4. The van der Waals surface area contributed by atoms with Crippen LogP contribution in [0, 0.1) is 11.6 Å².